The molecule has 1 aromatic carbocycles. The van der Waals surface area contributed by atoms with Crippen molar-refractivity contribution in [1.82, 2.24) is 14.9 Å². The smallest absolute Gasteiger partial charge is 0.209 e. The van der Waals surface area contributed by atoms with E-state index in [1.165, 1.54) is 0 Å². The molecule has 1 fully saturated rings. The van der Waals surface area contributed by atoms with Crippen LogP contribution in [0.15, 0.2) is 24.3 Å². The van der Waals surface area contributed by atoms with Crippen LogP contribution in [0, 0.1) is 6.92 Å². The number of rotatable bonds is 4. The number of carbonyl (C=O) groups is 1. The van der Waals surface area contributed by atoms with Crippen molar-refractivity contribution in [2.75, 3.05) is 36.4 Å². The van der Waals surface area contributed by atoms with Crippen molar-refractivity contribution in [2.24, 2.45) is 0 Å². The van der Waals surface area contributed by atoms with Gasteiger partial charge in [-0.2, -0.15) is 0 Å². The Bertz CT molecular complexity index is 747. The zero-order valence-electron chi connectivity index (χ0n) is 13.2. The Hall–Kier alpha value is -2.05. The van der Waals surface area contributed by atoms with Crippen LogP contribution in [0.4, 0.5) is 17.3 Å². The van der Waals surface area contributed by atoms with Gasteiger partial charge in [0.1, 0.15) is 17.5 Å². The van der Waals surface area contributed by atoms with Gasteiger partial charge in [-0.25, -0.2) is 9.97 Å². The Balaban J connectivity index is 1.80. The Morgan fingerprint density at radius 3 is 2.54 bits per heavy atom. The first-order chi connectivity index (χ1) is 11.5. The summed E-state index contributed by atoms with van der Waals surface area (Å²) in [6.07, 6.45) is 0.887. The molecular formula is C16H17Cl2N5O. The van der Waals surface area contributed by atoms with Crippen LogP contribution in [0.2, 0.25) is 10.0 Å². The first-order valence-corrected chi connectivity index (χ1v) is 8.33. The fraction of sp³-hybridized carbons (Fsp3) is 0.312. The summed E-state index contributed by atoms with van der Waals surface area (Å²) in [7, 11) is 0. The third-order valence-electron chi connectivity index (χ3n) is 3.81. The fourth-order valence-electron chi connectivity index (χ4n) is 2.56. The van der Waals surface area contributed by atoms with Gasteiger partial charge in [-0.15, -0.1) is 0 Å². The molecule has 0 bridgehead atoms. The molecule has 0 aliphatic carbocycles. The number of nitrogens with one attached hydrogen (secondary N) is 1. The molecule has 2 heterocycles. The van der Waals surface area contributed by atoms with E-state index < -0.39 is 0 Å². The number of aryl methyl sites for hydroxylation is 1. The predicted octanol–water partition coefficient (Wildman–Crippen LogP) is 3.11. The van der Waals surface area contributed by atoms with E-state index in [0.29, 0.717) is 34.8 Å². The van der Waals surface area contributed by atoms with E-state index in [4.69, 9.17) is 23.2 Å². The third kappa shape index (κ3) is 3.88. The van der Waals surface area contributed by atoms with E-state index in [2.05, 4.69) is 20.2 Å². The Morgan fingerprint density at radius 2 is 1.88 bits per heavy atom. The maximum atomic E-state index is 10.8. The summed E-state index contributed by atoms with van der Waals surface area (Å²) in [6, 6.07) is 7.14. The van der Waals surface area contributed by atoms with Crippen molar-refractivity contribution in [3.63, 3.8) is 0 Å². The molecule has 24 heavy (non-hydrogen) atoms. The average molecular weight is 366 g/mol. The molecule has 1 amide bonds. The number of anilines is 3. The average Bonchev–Trinajstić information content (AvgIpc) is 2.57. The monoisotopic (exact) mass is 365 g/mol. The zero-order valence-corrected chi connectivity index (χ0v) is 14.7. The molecule has 1 saturated heterocycles. The number of nitrogens with zero attached hydrogens (tertiary/aromatic N) is 4. The SMILES string of the molecule is Cc1nc(Nc2ccc(Cl)cc2Cl)cc(N2CCN(C=O)CC2)n1. The Labute approximate surface area is 150 Å². The maximum Gasteiger partial charge on any atom is 0.209 e. The molecule has 3 rings (SSSR count). The Kier molecular flexibility index (Phi) is 5.06. The van der Waals surface area contributed by atoms with Crippen LogP contribution in [0.1, 0.15) is 5.82 Å². The normalized spacial score (nSPS) is 14.6. The number of amides is 1. The molecule has 0 saturated carbocycles. The van der Waals surface area contributed by atoms with Crippen LogP contribution in [0.3, 0.4) is 0 Å². The molecule has 1 aliphatic rings. The molecule has 2 aromatic rings. The minimum atomic E-state index is 0.528. The van der Waals surface area contributed by atoms with Crippen LogP contribution < -0.4 is 10.2 Å². The maximum absolute atomic E-state index is 10.8. The molecule has 1 aromatic heterocycles. The van der Waals surface area contributed by atoms with E-state index in [1.807, 2.05) is 19.1 Å². The van der Waals surface area contributed by atoms with Gasteiger partial charge >= 0.3 is 0 Å². The van der Waals surface area contributed by atoms with Gasteiger partial charge in [0, 0.05) is 37.3 Å². The van der Waals surface area contributed by atoms with Crippen LogP contribution >= 0.6 is 23.2 Å². The minimum Gasteiger partial charge on any atom is -0.353 e. The summed E-state index contributed by atoms with van der Waals surface area (Å²) in [6.45, 7) is 4.73. The lowest BCUT2D eigenvalue weighted by atomic mass is 10.3. The van der Waals surface area contributed by atoms with E-state index >= 15 is 0 Å². The van der Waals surface area contributed by atoms with E-state index in [1.54, 1.807) is 17.0 Å². The molecule has 6 nitrogen and oxygen atoms in total. The molecule has 0 spiro atoms. The molecular weight excluding hydrogens is 349 g/mol. The number of hydrogen-bond donors (Lipinski definition) is 1. The molecule has 0 atom stereocenters. The van der Waals surface area contributed by atoms with Gasteiger partial charge in [0.15, 0.2) is 0 Å². The van der Waals surface area contributed by atoms with Gasteiger partial charge in [0.2, 0.25) is 6.41 Å². The highest BCUT2D eigenvalue weighted by Gasteiger charge is 2.18. The van der Waals surface area contributed by atoms with Crippen LogP contribution in [-0.2, 0) is 4.79 Å². The van der Waals surface area contributed by atoms with Crippen LogP contribution in [-0.4, -0.2) is 47.5 Å². The van der Waals surface area contributed by atoms with E-state index in [0.717, 1.165) is 31.0 Å². The molecule has 0 unspecified atom stereocenters. The first kappa shape index (κ1) is 16.8. The van der Waals surface area contributed by atoms with E-state index in [-0.39, 0.29) is 0 Å². The number of piperazine rings is 1. The number of aromatic nitrogens is 2. The van der Waals surface area contributed by atoms with Gasteiger partial charge in [-0.3, -0.25) is 4.79 Å². The van der Waals surface area contributed by atoms with Gasteiger partial charge in [0.05, 0.1) is 10.7 Å². The Morgan fingerprint density at radius 1 is 1.12 bits per heavy atom. The van der Waals surface area contributed by atoms with Crippen molar-refractivity contribution < 1.29 is 4.79 Å². The number of hydrogen-bond acceptors (Lipinski definition) is 5. The second-order valence-electron chi connectivity index (χ2n) is 5.54. The largest absolute Gasteiger partial charge is 0.353 e. The highest BCUT2D eigenvalue weighted by atomic mass is 35.5. The standard InChI is InChI=1S/C16H17Cl2N5O/c1-11-19-15(21-14-3-2-12(17)8-13(14)18)9-16(20-11)23-6-4-22(10-24)5-7-23/h2-3,8-10H,4-7H2,1H3,(H,19,20,21). The number of benzene rings is 1. The lowest BCUT2D eigenvalue weighted by Gasteiger charge is -2.33. The minimum absolute atomic E-state index is 0.528. The first-order valence-electron chi connectivity index (χ1n) is 7.57. The molecule has 126 valence electrons. The van der Waals surface area contributed by atoms with E-state index in [9.17, 15) is 4.79 Å². The van der Waals surface area contributed by atoms with Crippen molar-refractivity contribution in [3.05, 3.63) is 40.1 Å². The third-order valence-corrected chi connectivity index (χ3v) is 4.35. The van der Waals surface area contributed by atoms with Crippen molar-refractivity contribution in [3.8, 4) is 0 Å². The summed E-state index contributed by atoms with van der Waals surface area (Å²) in [5.41, 5.74) is 0.732. The highest BCUT2D eigenvalue weighted by Crippen LogP contribution is 2.28. The van der Waals surface area contributed by atoms with Crippen LogP contribution in [0.5, 0.6) is 0 Å². The molecule has 1 aliphatic heterocycles. The fourth-order valence-corrected chi connectivity index (χ4v) is 3.02. The van der Waals surface area contributed by atoms with Crippen molar-refractivity contribution in [1.29, 1.82) is 0 Å². The van der Waals surface area contributed by atoms with Gasteiger partial charge < -0.3 is 15.1 Å². The number of carbonyl (C=O) groups excluding carboxylic acids is 1. The molecule has 8 heteroatoms. The quantitative estimate of drug-likeness (QED) is 0.843. The van der Waals surface area contributed by atoms with Gasteiger partial charge in [-0.05, 0) is 25.1 Å². The second-order valence-corrected chi connectivity index (χ2v) is 6.38. The van der Waals surface area contributed by atoms with Crippen LogP contribution in [0.25, 0.3) is 0 Å². The highest BCUT2D eigenvalue weighted by molar-refractivity contribution is 6.36. The summed E-state index contributed by atoms with van der Waals surface area (Å²) < 4.78 is 0. The summed E-state index contributed by atoms with van der Waals surface area (Å²) in [5.74, 6) is 2.16. The zero-order chi connectivity index (χ0) is 17.1. The van der Waals surface area contributed by atoms with Crippen molar-refractivity contribution in [2.45, 2.75) is 6.92 Å². The van der Waals surface area contributed by atoms with Crippen molar-refractivity contribution >= 4 is 46.9 Å². The van der Waals surface area contributed by atoms with Gasteiger partial charge in [-0.1, -0.05) is 23.2 Å². The number of halogens is 2. The topological polar surface area (TPSA) is 61.4 Å². The molecule has 0 radical (unpaired) electrons. The predicted molar refractivity (Wildman–Crippen MR) is 96.4 cm³/mol. The summed E-state index contributed by atoms with van der Waals surface area (Å²) in [4.78, 5) is 23.6. The second kappa shape index (κ2) is 7.23. The summed E-state index contributed by atoms with van der Waals surface area (Å²) >= 11 is 12.1. The lowest BCUT2D eigenvalue weighted by Crippen LogP contribution is -2.46. The molecule has 1 N–H and O–H groups in total. The van der Waals surface area contributed by atoms with Gasteiger partial charge in [0.25, 0.3) is 0 Å². The summed E-state index contributed by atoms with van der Waals surface area (Å²) in [5, 5.41) is 4.31. The lowest BCUT2D eigenvalue weighted by molar-refractivity contribution is -0.118.